The molecule has 0 aliphatic heterocycles. The zero-order valence-corrected chi connectivity index (χ0v) is 12.5. The van der Waals surface area contributed by atoms with Crippen LogP contribution >= 0.6 is 0 Å². The first-order valence-electron chi connectivity index (χ1n) is 7.77. The fourth-order valence-electron chi connectivity index (χ4n) is 2.83. The van der Waals surface area contributed by atoms with Crippen LogP contribution in [-0.4, -0.2) is 11.5 Å². The fourth-order valence-corrected chi connectivity index (χ4v) is 2.83. The van der Waals surface area contributed by atoms with Crippen molar-refractivity contribution in [2.75, 3.05) is 6.54 Å². The first kappa shape index (κ1) is 14.1. The molecule has 0 amide bonds. The molecule has 0 fully saturated rings. The Kier molecular flexibility index (Phi) is 4.51. The van der Waals surface area contributed by atoms with Crippen LogP contribution in [0.15, 0.2) is 42.6 Å². The number of nitrogens with one attached hydrogen (secondary N) is 1. The lowest BCUT2D eigenvalue weighted by atomic mass is 9.89. The summed E-state index contributed by atoms with van der Waals surface area (Å²) in [5.74, 6) is 0.719. The van der Waals surface area contributed by atoms with Gasteiger partial charge in [-0.1, -0.05) is 37.3 Å². The van der Waals surface area contributed by atoms with E-state index in [2.05, 4.69) is 47.6 Å². The van der Waals surface area contributed by atoms with Gasteiger partial charge in [-0.3, -0.25) is 0 Å². The molecule has 1 aromatic heterocycles. The largest absolute Gasteiger partial charge is 0.469 e. The van der Waals surface area contributed by atoms with Crippen LogP contribution in [0.4, 0.5) is 0 Å². The highest BCUT2D eigenvalue weighted by atomic mass is 16.5. The molecule has 1 heterocycles. The van der Waals surface area contributed by atoms with Gasteiger partial charge < -0.3 is 10.1 Å². The lowest BCUT2D eigenvalue weighted by molar-refractivity contribution is 0.175. The molecule has 1 N–H and O–H groups in total. The van der Waals surface area contributed by atoms with E-state index in [1.165, 1.54) is 23.1 Å². The molecule has 110 valence electrons. The summed E-state index contributed by atoms with van der Waals surface area (Å²) in [6, 6.07) is 12.6. The van der Waals surface area contributed by atoms with Crippen molar-refractivity contribution in [1.29, 1.82) is 0 Å². The number of pyridine rings is 1. The van der Waals surface area contributed by atoms with Crippen molar-refractivity contribution in [1.82, 2.24) is 10.3 Å². The van der Waals surface area contributed by atoms with Gasteiger partial charge in [0, 0.05) is 18.8 Å². The molecule has 0 bridgehead atoms. The van der Waals surface area contributed by atoms with Gasteiger partial charge in [-0.25, -0.2) is 4.98 Å². The summed E-state index contributed by atoms with van der Waals surface area (Å²) in [4.78, 5) is 4.44. The molecule has 1 atom stereocenters. The van der Waals surface area contributed by atoms with E-state index < -0.39 is 0 Å². The van der Waals surface area contributed by atoms with Crippen molar-refractivity contribution in [3.8, 4) is 5.88 Å². The predicted octanol–water partition coefficient (Wildman–Crippen LogP) is 3.65. The molecular weight excluding hydrogens is 260 g/mol. The van der Waals surface area contributed by atoms with Gasteiger partial charge in [-0.05, 0) is 42.5 Å². The van der Waals surface area contributed by atoms with Crippen LogP contribution < -0.4 is 10.1 Å². The van der Waals surface area contributed by atoms with Crippen molar-refractivity contribution in [3.63, 3.8) is 0 Å². The fraction of sp³-hybridized carbons (Fsp3) is 0.389. The lowest BCUT2D eigenvalue weighted by Gasteiger charge is -2.25. The van der Waals surface area contributed by atoms with E-state index in [9.17, 15) is 0 Å². The molecule has 0 saturated heterocycles. The first-order chi connectivity index (χ1) is 10.4. The Labute approximate surface area is 126 Å². The third-order valence-electron chi connectivity index (χ3n) is 3.95. The van der Waals surface area contributed by atoms with Crippen molar-refractivity contribution in [2.45, 2.75) is 38.8 Å². The Morgan fingerprint density at radius 3 is 2.95 bits per heavy atom. The van der Waals surface area contributed by atoms with Crippen LogP contribution in [0.3, 0.4) is 0 Å². The Morgan fingerprint density at radius 1 is 1.24 bits per heavy atom. The highest BCUT2D eigenvalue weighted by Crippen LogP contribution is 2.32. The molecule has 3 heteroatoms. The number of fused-ring (bicyclic) bond motifs is 1. The summed E-state index contributed by atoms with van der Waals surface area (Å²) in [6.45, 7) is 3.93. The molecule has 0 saturated carbocycles. The maximum absolute atomic E-state index is 6.11. The predicted molar refractivity (Wildman–Crippen MR) is 84.4 cm³/mol. The number of hydrogen-bond acceptors (Lipinski definition) is 3. The third-order valence-corrected chi connectivity index (χ3v) is 3.95. The Bertz CT molecular complexity index is 580. The van der Waals surface area contributed by atoms with E-state index >= 15 is 0 Å². The van der Waals surface area contributed by atoms with Crippen molar-refractivity contribution in [2.24, 2.45) is 0 Å². The minimum Gasteiger partial charge on any atom is -0.469 e. The average Bonchev–Trinajstić information content (AvgIpc) is 2.55. The summed E-state index contributed by atoms with van der Waals surface area (Å²) in [7, 11) is 0. The van der Waals surface area contributed by atoms with Crippen LogP contribution in [0.25, 0.3) is 0 Å². The number of aryl methyl sites for hydroxylation is 1. The standard InChI is InChI=1S/C18H22N2O/c1-2-19-12-14-10-11-18(20-13-14)21-17-9-5-7-15-6-3-4-8-16(15)17/h3-4,6,8,10-11,13,17,19H,2,5,7,9,12H2,1H3. The van der Waals surface area contributed by atoms with Gasteiger partial charge in [0.15, 0.2) is 0 Å². The van der Waals surface area contributed by atoms with Gasteiger partial charge in [0.05, 0.1) is 0 Å². The van der Waals surface area contributed by atoms with Gasteiger partial charge in [0.1, 0.15) is 6.10 Å². The monoisotopic (exact) mass is 282 g/mol. The molecule has 21 heavy (non-hydrogen) atoms. The number of benzene rings is 1. The van der Waals surface area contributed by atoms with E-state index in [0.29, 0.717) is 0 Å². The highest BCUT2D eigenvalue weighted by molar-refractivity contribution is 5.32. The quantitative estimate of drug-likeness (QED) is 0.909. The van der Waals surface area contributed by atoms with E-state index in [0.717, 1.165) is 31.8 Å². The van der Waals surface area contributed by atoms with Gasteiger partial charge >= 0.3 is 0 Å². The first-order valence-corrected chi connectivity index (χ1v) is 7.77. The minimum absolute atomic E-state index is 0.141. The number of rotatable bonds is 5. The number of aromatic nitrogens is 1. The zero-order valence-electron chi connectivity index (χ0n) is 12.5. The molecule has 1 unspecified atom stereocenters. The molecule has 3 rings (SSSR count). The maximum atomic E-state index is 6.11. The highest BCUT2D eigenvalue weighted by Gasteiger charge is 2.21. The van der Waals surface area contributed by atoms with Crippen LogP contribution in [0.2, 0.25) is 0 Å². The van der Waals surface area contributed by atoms with Crippen LogP contribution in [0.5, 0.6) is 5.88 Å². The second-order valence-electron chi connectivity index (χ2n) is 5.48. The summed E-state index contributed by atoms with van der Waals surface area (Å²) in [5.41, 5.74) is 3.92. The number of hydrogen-bond donors (Lipinski definition) is 1. The summed E-state index contributed by atoms with van der Waals surface area (Å²) >= 11 is 0. The second kappa shape index (κ2) is 6.72. The zero-order chi connectivity index (χ0) is 14.5. The van der Waals surface area contributed by atoms with E-state index in [1.54, 1.807) is 0 Å². The molecule has 1 aliphatic rings. The Balaban J connectivity index is 1.70. The van der Waals surface area contributed by atoms with Gasteiger partial charge in [-0.2, -0.15) is 0 Å². The van der Waals surface area contributed by atoms with Crippen LogP contribution in [0.1, 0.15) is 42.6 Å². The second-order valence-corrected chi connectivity index (χ2v) is 5.48. The topological polar surface area (TPSA) is 34.1 Å². The molecule has 1 aliphatic carbocycles. The van der Waals surface area contributed by atoms with Crippen LogP contribution in [-0.2, 0) is 13.0 Å². The normalized spacial score (nSPS) is 17.3. The van der Waals surface area contributed by atoms with Gasteiger partial charge in [0.2, 0.25) is 5.88 Å². The average molecular weight is 282 g/mol. The third kappa shape index (κ3) is 3.42. The van der Waals surface area contributed by atoms with E-state index in [-0.39, 0.29) is 6.10 Å². The Morgan fingerprint density at radius 2 is 2.14 bits per heavy atom. The smallest absolute Gasteiger partial charge is 0.213 e. The van der Waals surface area contributed by atoms with Gasteiger partial charge in [-0.15, -0.1) is 0 Å². The molecule has 3 nitrogen and oxygen atoms in total. The lowest BCUT2D eigenvalue weighted by Crippen LogP contribution is -2.16. The molecule has 2 aromatic rings. The van der Waals surface area contributed by atoms with Crippen molar-refractivity contribution >= 4 is 0 Å². The molecular formula is C18H22N2O. The Hall–Kier alpha value is -1.87. The number of ether oxygens (including phenoxy) is 1. The van der Waals surface area contributed by atoms with Gasteiger partial charge in [0.25, 0.3) is 0 Å². The number of nitrogens with zero attached hydrogens (tertiary/aromatic N) is 1. The van der Waals surface area contributed by atoms with E-state index in [4.69, 9.17) is 4.74 Å². The molecule has 1 aromatic carbocycles. The summed E-state index contributed by atoms with van der Waals surface area (Å²) in [5, 5.41) is 3.30. The maximum Gasteiger partial charge on any atom is 0.213 e. The molecule has 0 spiro atoms. The molecule has 0 radical (unpaired) electrons. The SMILES string of the molecule is CCNCc1ccc(OC2CCCc3ccccc32)nc1. The summed E-state index contributed by atoms with van der Waals surface area (Å²) in [6.07, 6.45) is 5.44. The van der Waals surface area contributed by atoms with Crippen molar-refractivity contribution < 1.29 is 4.74 Å². The van der Waals surface area contributed by atoms with E-state index in [1.807, 2.05) is 12.3 Å². The summed E-state index contributed by atoms with van der Waals surface area (Å²) < 4.78 is 6.11. The van der Waals surface area contributed by atoms with Crippen molar-refractivity contribution in [3.05, 3.63) is 59.3 Å². The van der Waals surface area contributed by atoms with Crippen LogP contribution in [0, 0.1) is 0 Å². The minimum atomic E-state index is 0.141.